The highest BCUT2D eigenvalue weighted by atomic mass is 16.5. The molecule has 2 N–H and O–H groups in total. The van der Waals surface area contributed by atoms with Gasteiger partial charge in [0, 0.05) is 37.3 Å². The molecule has 1 atom stereocenters. The van der Waals surface area contributed by atoms with Crippen LogP contribution in [0.15, 0.2) is 53.6 Å². The van der Waals surface area contributed by atoms with Crippen LogP contribution in [-0.2, 0) is 17.8 Å². The fourth-order valence-electron chi connectivity index (χ4n) is 2.71. The molecular formula is C22H25N5O3. The smallest absolute Gasteiger partial charge is 0.273 e. The molecular weight excluding hydrogens is 382 g/mol. The Balaban J connectivity index is 1.59. The zero-order valence-corrected chi connectivity index (χ0v) is 17.1. The number of amides is 1. The molecule has 0 fully saturated rings. The Morgan fingerprint density at radius 2 is 2.10 bits per heavy atom. The van der Waals surface area contributed by atoms with E-state index in [0.29, 0.717) is 23.7 Å². The van der Waals surface area contributed by atoms with Crippen molar-refractivity contribution in [2.24, 2.45) is 0 Å². The summed E-state index contributed by atoms with van der Waals surface area (Å²) in [5, 5.41) is 10.9. The minimum absolute atomic E-state index is 0.0945. The number of aryl methyl sites for hydroxylation is 1. The lowest BCUT2D eigenvalue weighted by molar-refractivity contribution is -0.121. The molecule has 0 bridgehead atoms. The monoisotopic (exact) mass is 407 g/mol. The molecule has 0 saturated heterocycles. The van der Waals surface area contributed by atoms with Gasteiger partial charge in [-0.3, -0.25) is 14.6 Å². The van der Waals surface area contributed by atoms with E-state index in [0.717, 1.165) is 12.0 Å². The molecule has 2 aromatic heterocycles. The van der Waals surface area contributed by atoms with Gasteiger partial charge in [0.05, 0.1) is 6.10 Å². The molecule has 3 rings (SSSR count). The zero-order valence-electron chi connectivity index (χ0n) is 17.1. The van der Waals surface area contributed by atoms with E-state index in [9.17, 15) is 9.59 Å². The first-order valence-electron chi connectivity index (χ1n) is 9.93. The minimum atomic E-state index is -0.353. The topological polar surface area (TPSA) is 110 Å². The van der Waals surface area contributed by atoms with Crippen LogP contribution in [0.2, 0.25) is 0 Å². The summed E-state index contributed by atoms with van der Waals surface area (Å²) in [5.41, 5.74) is 1.49. The summed E-state index contributed by atoms with van der Waals surface area (Å²) in [4.78, 5) is 31.2. The van der Waals surface area contributed by atoms with Gasteiger partial charge in [-0.25, -0.2) is 0 Å². The third kappa shape index (κ3) is 5.97. The second-order valence-corrected chi connectivity index (χ2v) is 6.95. The summed E-state index contributed by atoms with van der Waals surface area (Å²) in [6, 6.07) is 11.0. The highest BCUT2D eigenvalue weighted by Gasteiger charge is 2.11. The predicted octanol–water partition coefficient (Wildman–Crippen LogP) is 2.65. The molecule has 0 aliphatic carbocycles. The lowest BCUT2D eigenvalue weighted by Crippen LogP contribution is -2.25. The van der Waals surface area contributed by atoms with E-state index >= 15 is 0 Å². The molecule has 0 radical (unpaired) electrons. The van der Waals surface area contributed by atoms with Crippen molar-refractivity contribution in [3.05, 3.63) is 70.4 Å². The number of hydrogen-bond donors (Lipinski definition) is 2. The summed E-state index contributed by atoms with van der Waals surface area (Å²) in [5.74, 6) is 0.900. The predicted molar refractivity (Wildman–Crippen MR) is 113 cm³/mol. The molecule has 2 heterocycles. The number of hydrogen-bond acceptors (Lipinski definition) is 6. The van der Waals surface area contributed by atoms with Crippen LogP contribution >= 0.6 is 0 Å². The third-order valence-electron chi connectivity index (χ3n) is 4.59. The Labute approximate surface area is 174 Å². The molecule has 8 nitrogen and oxygen atoms in total. The molecule has 0 aliphatic rings. The fraction of sp³-hybridized carbons (Fsp3) is 0.318. The number of H-pyrrole nitrogens is 1. The molecule has 0 aliphatic heterocycles. The average molecular weight is 407 g/mol. The van der Waals surface area contributed by atoms with E-state index in [-0.39, 0.29) is 36.1 Å². The number of aromatic amines is 1. The largest absolute Gasteiger partial charge is 0.491 e. The Morgan fingerprint density at radius 1 is 1.23 bits per heavy atom. The first-order chi connectivity index (χ1) is 14.5. The Bertz CT molecular complexity index is 1040. The van der Waals surface area contributed by atoms with E-state index in [1.807, 2.05) is 43.3 Å². The highest BCUT2D eigenvalue weighted by molar-refractivity contribution is 5.76. The van der Waals surface area contributed by atoms with Crippen molar-refractivity contribution >= 4 is 5.91 Å². The van der Waals surface area contributed by atoms with E-state index < -0.39 is 0 Å². The molecule has 3 aromatic rings. The third-order valence-corrected chi connectivity index (χ3v) is 4.59. The number of aromatic nitrogens is 4. The van der Waals surface area contributed by atoms with E-state index in [1.54, 1.807) is 12.4 Å². The number of pyridine rings is 1. The van der Waals surface area contributed by atoms with Crippen molar-refractivity contribution < 1.29 is 9.53 Å². The second-order valence-electron chi connectivity index (χ2n) is 6.95. The molecule has 1 unspecified atom stereocenters. The Hall–Kier alpha value is -3.55. The van der Waals surface area contributed by atoms with E-state index in [4.69, 9.17) is 4.74 Å². The quantitative estimate of drug-likeness (QED) is 0.564. The maximum atomic E-state index is 12.4. The highest BCUT2D eigenvalue weighted by Crippen LogP contribution is 2.21. The van der Waals surface area contributed by atoms with Gasteiger partial charge in [0.15, 0.2) is 5.82 Å². The summed E-state index contributed by atoms with van der Waals surface area (Å²) in [6.07, 6.45) is 4.71. The minimum Gasteiger partial charge on any atom is -0.491 e. The average Bonchev–Trinajstić information content (AvgIpc) is 2.77. The van der Waals surface area contributed by atoms with E-state index in [2.05, 4.69) is 32.4 Å². The Morgan fingerprint density at radius 3 is 2.83 bits per heavy atom. The van der Waals surface area contributed by atoms with Crippen molar-refractivity contribution in [2.75, 3.05) is 0 Å². The van der Waals surface area contributed by atoms with Crippen LogP contribution in [0.4, 0.5) is 0 Å². The maximum Gasteiger partial charge on any atom is 0.273 e. The summed E-state index contributed by atoms with van der Waals surface area (Å²) in [7, 11) is 0. The number of carbonyl (C=O) groups excluding carboxylic acids is 1. The Kier molecular flexibility index (Phi) is 7.26. The van der Waals surface area contributed by atoms with Gasteiger partial charge < -0.3 is 15.0 Å². The summed E-state index contributed by atoms with van der Waals surface area (Å²) in [6.45, 7) is 4.44. The van der Waals surface area contributed by atoms with E-state index in [1.165, 1.54) is 0 Å². The first kappa shape index (κ1) is 21.2. The van der Waals surface area contributed by atoms with Crippen LogP contribution < -0.4 is 15.6 Å². The number of nitrogens with zero attached hydrogens (tertiary/aromatic N) is 3. The van der Waals surface area contributed by atoms with Crippen LogP contribution in [0.3, 0.4) is 0 Å². The summed E-state index contributed by atoms with van der Waals surface area (Å²) >= 11 is 0. The first-order valence-corrected chi connectivity index (χ1v) is 9.93. The normalized spacial score (nSPS) is 11.7. The molecule has 1 amide bonds. The number of benzene rings is 1. The van der Waals surface area contributed by atoms with Gasteiger partial charge in [0.25, 0.3) is 5.56 Å². The van der Waals surface area contributed by atoms with Gasteiger partial charge in [0.1, 0.15) is 11.4 Å². The van der Waals surface area contributed by atoms with Crippen molar-refractivity contribution in [3.63, 3.8) is 0 Å². The molecule has 0 spiro atoms. The zero-order chi connectivity index (χ0) is 21.3. The van der Waals surface area contributed by atoms with Crippen LogP contribution in [-0.4, -0.2) is 32.2 Å². The summed E-state index contributed by atoms with van der Waals surface area (Å²) < 4.78 is 5.81. The van der Waals surface area contributed by atoms with Crippen molar-refractivity contribution in [3.8, 4) is 17.1 Å². The molecule has 0 saturated carbocycles. The molecule has 1 aromatic carbocycles. The van der Waals surface area contributed by atoms with Crippen molar-refractivity contribution in [1.29, 1.82) is 0 Å². The lowest BCUT2D eigenvalue weighted by Gasteiger charge is -2.13. The van der Waals surface area contributed by atoms with Crippen molar-refractivity contribution in [1.82, 2.24) is 25.5 Å². The molecule has 30 heavy (non-hydrogen) atoms. The number of carbonyl (C=O) groups is 1. The van der Waals surface area contributed by atoms with Crippen LogP contribution in [0.25, 0.3) is 11.4 Å². The van der Waals surface area contributed by atoms with Crippen LogP contribution in [0, 0.1) is 0 Å². The molecule has 8 heteroatoms. The van der Waals surface area contributed by atoms with Crippen molar-refractivity contribution in [2.45, 2.75) is 45.8 Å². The number of nitrogens with one attached hydrogen (secondary N) is 2. The standard InChI is InChI=1S/C22H25N5O3/c1-3-15(2)30-18-8-4-7-17(12-18)21-25-22(29)19(26-27-21)9-10-20(28)24-14-16-6-5-11-23-13-16/h4-8,11-13,15H,3,9-10,14H2,1-2H3,(H,24,28)(H,25,27,29). The van der Waals surface area contributed by atoms with Gasteiger partial charge in [-0.15, -0.1) is 10.2 Å². The fourth-order valence-corrected chi connectivity index (χ4v) is 2.71. The second kappa shape index (κ2) is 10.3. The lowest BCUT2D eigenvalue weighted by atomic mass is 10.2. The maximum absolute atomic E-state index is 12.4. The van der Waals surface area contributed by atoms with Crippen LogP contribution in [0.1, 0.15) is 37.9 Å². The van der Waals surface area contributed by atoms with Gasteiger partial charge in [-0.2, -0.15) is 0 Å². The number of rotatable bonds is 9. The SMILES string of the molecule is CCC(C)Oc1cccc(-c2nnc(CCC(=O)NCc3cccnc3)c(=O)[nH]2)c1. The molecule has 156 valence electrons. The van der Waals surface area contributed by atoms with Gasteiger partial charge in [0.2, 0.25) is 5.91 Å². The van der Waals surface area contributed by atoms with Gasteiger partial charge in [-0.05, 0) is 37.1 Å². The van der Waals surface area contributed by atoms with Crippen LogP contribution in [0.5, 0.6) is 5.75 Å². The van der Waals surface area contributed by atoms with Gasteiger partial charge >= 0.3 is 0 Å². The van der Waals surface area contributed by atoms with Gasteiger partial charge in [-0.1, -0.05) is 25.1 Å². The number of ether oxygens (including phenoxy) is 1.